The summed E-state index contributed by atoms with van der Waals surface area (Å²) in [5.41, 5.74) is 5.72. The zero-order chi connectivity index (χ0) is 15.3. The summed E-state index contributed by atoms with van der Waals surface area (Å²) in [6.07, 6.45) is 0. The molecular weight excluding hydrogens is 320 g/mol. The number of benzene rings is 1. The number of nitrogens with two attached hydrogens (primary N) is 1. The lowest BCUT2D eigenvalue weighted by molar-refractivity contribution is -0.133. The summed E-state index contributed by atoms with van der Waals surface area (Å²) < 4.78 is 6.60. The number of hydrogen-bond acceptors (Lipinski definition) is 3. The number of carbonyl (C=O) groups excluding carboxylic acids is 1. The highest BCUT2D eigenvalue weighted by atomic mass is 79.9. The first-order valence-corrected chi connectivity index (χ1v) is 7.40. The van der Waals surface area contributed by atoms with E-state index in [1.807, 2.05) is 45.0 Å². The molecule has 0 saturated heterocycles. The van der Waals surface area contributed by atoms with E-state index in [4.69, 9.17) is 10.5 Å². The standard InChI is InChI=1S/C15H23BrN2O2/c1-15(2,3)13(17)14(19)18(4)9-10-20-12-7-5-11(16)6-8-12/h5-8,13H,9-10,17H2,1-4H3/t13-/m1/s1. The average molecular weight is 343 g/mol. The highest BCUT2D eigenvalue weighted by molar-refractivity contribution is 9.10. The van der Waals surface area contributed by atoms with Crippen LogP contribution in [0.3, 0.4) is 0 Å². The first-order chi connectivity index (χ1) is 9.21. The van der Waals surface area contributed by atoms with Gasteiger partial charge in [0.05, 0.1) is 12.6 Å². The van der Waals surface area contributed by atoms with Gasteiger partial charge in [0.15, 0.2) is 0 Å². The Kier molecular flexibility index (Phi) is 6.02. The fourth-order valence-corrected chi connectivity index (χ4v) is 1.81. The topological polar surface area (TPSA) is 55.6 Å². The number of nitrogens with zero attached hydrogens (tertiary/aromatic N) is 1. The summed E-state index contributed by atoms with van der Waals surface area (Å²) in [7, 11) is 1.75. The summed E-state index contributed by atoms with van der Waals surface area (Å²) in [4.78, 5) is 13.7. The molecule has 0 bridgehead atoms. The molecule has 5 heteroatoms. The van der Waals surface area contributed by atoms with Crippen molar-refractivity contribution in [1.82, 2.24) is 4.90 Å². The summed E-state index contributed by atoms with van der Waals surface area (Å²) in [5.74, 6) is 0.728. The van der Waals surface area contributed by atoms with Crippen LogP contribution in [0.25, 0.3) is 0 Å². The van der Waals surface area contributed by atoms with E-state index >= 15 is 0 Å². The zero-order valence-corrected chi connectivity index (χ0v) is 14.1. The van der Waals surface area contributed by atoms with Crippen molar-refractivity contribution in [2.75, 3.05) is 20.2 Å². The fraction of sp³-hybridized carbons (Fsp3) is 0.533. The van der Waals surface area contributed by atoms with Crippen molar-refractivity contribution in [3.05, 3.63) is 28.7 Å². The molecule has 1 aromatic rings. The highest BCUT2D eigenvalue weighted by Gasteiger charge is 2.29. The molecule has 0 radical (unpaired) electrons. The van der Waals surface area contributed by atoms with Crippen LogP contribution in [0.5, 0.6) is 5.75 Å². The van der Waals surface area contributed by atoms with Gasteiger partial charge in [-0.3, -0.25) is 4.79 Å². The van der Waals surface area contributed by atoms with Crippen molar-refractivity contribution in [1.29, 1.82) is 0 Å². The van der Waals surface area contributed by atoms with Gasteiger partial charge in [0.2, 0.25) is 5.91 Å². The first-order valence-electron chi connectivity index (χ1n) is 6.61. The van der Waals surface area contributed by atoms with Gasteiger partial charge in [0.25, 0.3) is 0 Å². The minimum atomic E-state index is -0.500. The molecule has 112 valence electrons. The molecule has 1 amide bonds. The van der Waals surface area contributed by atoms with E-state index in [1.54, 1.807) is 11.9 Å². The number of hydrogen-bond donors (Lipinski definition) is 1. The molecule has 0 aromatic heterocycles. The number of rotatable bonds is 5. The number of carbonyl (C=O) groups is 1. The molecule has 1 aromatic carbocycles. The molecule has 0 aliphatic heterocycles. The fourth-order valence-electron chi connectivity index (χ4n) is 1.55. The second kappa shape index (κ2) is 7.09. The minimum absolute atomic E-state index is 0.0584. The first kappa shape index (κ1) is 17.0. The van der Waals surface area contributed by atoms with Gasteiger partial charge in [0, 0.05) is 11.5 Å². The number of halogens is 1. The summed E-state index contributed by atoms with van der Waals surface area (Å²) in [5, 5.41) is 0. The Hall–Kier alpha value is -1.07. The second-order valence-corrected chi connectivity index (χ2v) is 6.82. The molecule has 1 atom stereocenters. The van der Waals surface area contributed by atoms with E-state index < -0.39 is 6.04 Å². The molecule has 0 unspecified atom stereocenters. The van der Waals surface area contributed by atoms with Crippen molar-refractivity contribution in [3.63, 3.8) is 0 Å². The molecule has 0 saturated carbocycles. The maximum atomic E-state index is 12.1. The van der Waals surface area contributed by atoms with Crippen molar-refractivity contribution in [2.24, 2.45) is 11.1 Å². The van der Waals surface area contributed by atoms with Crippen LogP contribution in [0.4, 0.5) is 0 Å². The lowest BCUT2D eigenvalue weighted by atomic mass is 9.86. The monoisotopic (exact) mass is 342 g/mol. The van der Waals surface area contributed by atoms with Crippen molar-refractivity contribution in [3.8, 4) is 5.75 Å². The Balaban J connectivity index is 2.41. The Morgan fingerprint density at radius 2 is 1.90 bits per heavy atom. The summed E-state index contributed by atoms with van der Waals surface area (Å²) in [6, 6.07) is 7.10. The van der Waals surface area contributed by atoms with Gasteiger partial charge in [0.1, 0.15) is 12.4 Å². The normalized spacial score (nSPS) is 12.9. The molecule has 0 spiro atoms. The van der Waals surface area contributed by atoms with E-state index in [1.165, 1.54) is 0 Å². The van der Waals surface area contributed by atoms with Crippen LogP contribution in [0, 0.1) is 5.41 Å². The molecule has 0 aliphatic carbocycles. The van der Waals surface area contributed by atoms with E-state index in [9.17, 15) is 4.79 Å². The minimum Gasteiger partial charge on any atom is -0.492 e. The molecular formula is C15H23BrN2O2. The largest absolute Gasteiger partial charge is 0.492 e. The maximum absolute atomic E-state index is 12.1. The Morgan fingerprint density at radius 3 is 2.40 bits per heavy atom. The third-order valence-electron chi connectivity index (χ3n) is 3.08. The van der Waals surface area contributed by atoms with Crippen LogP contribution < -0.4 is 10.5 Å². The molecule has 4 nitrogen and oxygen atoms in total. The van der Waals surface area contributed by atoms with Gasteiger partial charge in [-0.2, -0.15) is 0 Å². The maximum Gasteiger partial charge on any atom is 0.239 e. The smallest absolute Gasteiger partial charge is 0.239 e. The van der Waals surface area contributed by atoms with E-state index in [0.29, 0.717) is 13.2 Å². The molecule has 0 heterocycles. The van der Waals surface area contributed by atoms with Crippen LogP contribution >= 0.6 is 15.9 Å². The van der Waals surface area contributed by atoms with Crippen LogP contribution in [-0.4, -0.2) is 37.0 Å². The summed E-state index contributed by atoms with van der Waals surface area (Å²) in [6.45, 7) is 6.84. The van der Waals surface area contributed by atoms with Crippen LogP contribution in [0.15, 0.2) is 28.7 Å². The highest BCUT2D eigenvalue weighted by Crippen LogP contribution is 2.19. The van der Waals surface area contributed by atoms with Gasteiger partial charge < -0.3 is 15.4 Å². The number of likely N-dealkylation sites (N-methyl/N-ethyl adjacent to an activating group) is 1. The quantitative estimate of drug-likeness (QED) is 0.894. The lowest BCUT2D eigenvalue weighted by Crippen LogP contribution is -2.49. The molecule has 0 aliphatic rings. The van der Waals surface area contributed by atoms with Gasteiger partial charge in [-0.1, -0.05) is 36.7 Å². The number of amides is 1. The lowest BCUT2D eigenvalue weighted by Gasteiger charge is -2.29. The predicted octanol–water partition coefficient (Wildman–Crippen LogP) is 2.66. The third kappa shape index (κ3) is 5.13. The third-order valence-corrected chi connectivity index (χ3v) is 3.61. The van der Waals surface area contributed by atoms with E-state index in [-0.39, 0.29) is 11.3 Å². The molecule has 0 fully saturated rings. The van der Waals surface area contributed by atoms with Crippen molar-refractivity contribution in [2.45, 2.75) is 26.8 Å². The Bertz CT molecular complexity index is 440. The second-order valence-electron chi connectivity index (χ2n) is 5.91. The van der Waals surface area contributed by atoms with Gasteiger partial charge in [-0.15, -0.1) is 0 Å². The number of ether oxygens (including phenoxy) is 1. The summed E-state index contributed by atoms with van der Waals surface area (Å²) >= 11 is 3.37. The molecule has 1 rings (SSSR count). The Labute approximate surface area is 129 Å². The van der Waals surface area contributed by atoms with Crippen LogP contribution in [0.1, 0.15) is 20.8 Å². The van der Waals surface area contributed by atoms with Gasteiger partial charge in [-0.05, 0) is 29.7 Å². The van der Waals surface area contributed by atoms with E-state index in [2.05, 4.69) is 15.9 Å². The van der Waals surface area contributed by atoms with Crippen molar-refractivity contribution >= 4 is 21.8 Å². The molecule has 20 heavy (non-hydrogen) atoms. The van der Waals surface area contributed by atoms with Crippen molar-refractivity contribution < 1.29 is 9.53 Å². The zero-order valence-electron chi connectivity index (χ0n) is 12.5. The SMILES string of the molecule is CN(CCOc1ccc(Br)cc1)C(=O)[C@@H](N)C(C)(C)C. The van der Waals surface area contributed by atoms with Gasteiger partial charge >= 0.3 is 0 Å². The Morgan fingerprint density at radius 1 is 1.35 bits per heavy atom. The average Bonchev–Trinajstić information content (AvgIpc) is 2.38. The van der Waals surface area contributed by atoms with Crippen LogP contribution in [-0.2, 0) is 4.79 Å². The van der Waals surface area contributed by atoms with E-state index in [0.717, 1.165) is 10.2 Å². The van der Waals surface area contributed by atoms with Gasteiger partial charge in [-0.25, -0.2) is 0 Å². The van der Waals surface area contributed by atoms with Crippen LogP contribution in [0.2, 0.25) is 0 Å². The molecule has 2 N–H and O–H groups in total. The predicted molar refractivity (Wildman–Crippen MR) is 84.7 cm³/mol.